The molecule has 1 aromatic heterocycles. The average molecular weight is 383 g/mol. The first kappa shape index (κ1) is 18.7. The number of carbonyl (C=O) groups excluding carboxylic acids is 1. The fourth-order valence-electron chi connectivity index (χ4n) is 2.41. The number of hydrogen-bond donors (Lipinski definition) is 2. The smallest absolute Gasteiger partial charge is 0.270 e. The second-order valence-electron chi connectivity index (χ2n) is 5.65. The summed E-state index contributed by atoms with van der Waals surface area (Å²) in [5.41, 5.74) is 1.99. The number of rotatable bonds is 7. The predicted octanol–water partition coefficient (Wildman–Crippen LogP) is 4.20. The van der Waals surface area contributed by atoms with E-state index in [0.29, 0.717) is 29.7 Å². The van der Waals surface area contributed by atoms with Crippen molar-refractivity contribution in [1.29, 1.82) is 0 Å². The Morgan fingerprint density at radius 2 is 1.89 bits per heavy atom. The van der Waals surface area contributed by atoms with E-state index >= 15 is 0 Å². The number of halogens is 1. The third kappa shape index (κ3) is 5.18. The summed E-state index contributed by atoms with van der Waals surface area (Å²) in [4.78, 5) is 20.6. The second kappa shape index (κ2) is 9.00. The normalized spacial score (nSPS) is 10.3. The van der Waals surface area contributed by atoms with Crippen molar-refractivity contribution in [2.24, 2.45) is 0 Å². The molecule has 1 heterocycles. The standard InChI is InChI=1S/C20H19ClN4O2/c1-2-27-18-6-4-3-5-16(18)25-19-11-17(23-13-24-19)20(26)22-12-14-7-9-15(21)10-8-14/h3-11,13H,2,12H2,1H3,(H,22,26)(H,23,24,25). The number of anilines is 2. The van der Waals surface area contributed by atoms with Gasteiger partial charge in [0.2, 0.25) is 0 Å². The van der Waals surface area contributed by atoms with Crippen molar-refractivity contribution in [3.05, 3.63) is 77.2 Å². The first-order valence-corrected chi connectivity index (χ1v) is 8.87. The van der Waals surface area contributed by atoms with E-state index in [1.165, 1.54) is 6.33 Å². The quantitative estimate of drug-likeness (QED) is 0.640. The second-order valence-corrected chi connectivity index (χ2v) is 6.09. The molecule has 2 aromatic carbocycles. The lowest BCUT2D eigenvalue weighted by atomic mass is 10.2. The summed E-state index contributed by atoms with van der Waals surface area (Å²) in [6.45, 7) is 2.86. The Morgan fingerprint density at radius 1 is 1.11 bits per heavy atom. The molecule has 2 N–H and O–H groups in total. The van der Waals surface area contributed by atoms with Crippen LogP contribution in [0.5, 0.6) is 5.75 Å². The van der Waals surface area contributed by atoms with Crippen molar-refractivity contribution < 1.29 is 9.53 Å². The van der Waals surface area contributed by atoms with Crippen molar-refractivity contribution >= 4 is 29.0 Å². The fraction of sp³-hybridized carbons (Fsp3) is 0.150. The van der Waals surface area contributed by atoms with Crippen LogP contribution in [0.25, 0.3) is 0 Å². The number of aromatic nitrogens is 2. The van der Waals surface area contributed by atoms with Crippen molar-refractivity contribution in [3.63, 3.8) is 0 Å². The maximum Gasteiger partial charge on any atom is 0.270 e. The highest BCUT2D eigenvalue weighted by atomic mass is 35.5. The monoisotopic (exact) mass is 382 g/mol. The van der Waals surface area contributed by atoms with Crippen LogP contribution in [0, 0.1) is 0 Å². The minimum Gasteiger partial charge on any atom is -0.492 e. The van der Waals surface area contributed by atoms with Gasteiger partial charge in [0, 0.05) is 17.6 Å². The molecule has 1 amide bonds. The number of carbonyl (C=O) groups is 1. The van der Waals surface area contributed by atoms with Crippen LogP contribution in [-0.2, 0) is 6.54 Å². The van der Waals surface area contributed by atoms with E-state index in [4.69, 9.17) is 16.3 Å². The summed E-state index contributed by atoms with van der Waals surface area (Å²) in [6.07, 6.45) is 1.35. The zero-order chi connectivity index (χ0) is 19.1. The van der Waals surface area contributed by atoms with Crippen molar-refractivity contribution in [1.82, 2.24) is 15.3 Å². The minimum absolute atomic E-state index is 0.273. The molecule has 0 aliphatic carbocycles. The van der Waals surface area contributed by atoms with Gasteiger partial charge in [0.05, 0.1) is 12.3 Å². The molecule has 0 fully saturated rings. The molecule has 0 saturated heterocycles. The predicted molar refractivity (Wildman–Crippen MR) is 106 cm³/mol. The molecule has 0 aliphatic rings. The Hall–Kier alpha value is -3.12. The third-order valence-corrected chi connectivity index (χ3v) is 3.97. The van der Waals surface area contributed by atoms with Crippen LogP contribution in [0.2, 0.25) is 5.02 Å². The Balaban J connectivity index is 1.68. The van der Waals surface area contributed by atoms with Crippen LogP contribution in [0.15, 0.2) is 60.9 Å². The molecule has 27 heavy (non-hydrogen) atoms. The number of nitrogens with one attached hydrogen (secondary N) is 2. The van der Waals surface area contributed by atoms with Gasteiger partial charge in [-0.15, -0.1) is 0 Å². The summed E-state index contributed by atoms with van der Waals surface area (Å²) in [5, 5.41) is 6.65. The van der Waals surface area contributed by atoms with E-state index < -0.39 is 0 Å². The van der Waals surface area contributed by atoms with Gasteiger partial charge < -0.3 is 15.4 Å². The number of ether oxygens (including phenoxy) is 1. The summed E-state index contributed by atoms with van der Waals surface area (Å²) in [6, 6.07) is 16.4. The third-order valence-electron chi connectivity index (χ3n) is 3.72. The molecule has 0 radical (unpaired) electrons. The van der Waals surface area contributed by atoms with Gasteiger partial charge in [-0.25, -0.2) is 9.97 Å². The Labute approximate surface area is 162 Å². The van der Waals surface area contributed by atoms with Gasteiger partial charge in [-0.3, -0.25) is 4.79 Å². The summed E-state index contributed by atoms with van der Waals surface area (Å²) >= 11 is 5.86. The van der Waals surface area contributed by atoms with Gasteiger partial charge in [-0.1, -0.05) is 35.9 Å². The van der Waals surface area contributed by atoms with Crippen LogP contribution < -0.4 is 15.4 Å². The van der Waals surface area contributed by atoms with E-state index in [9.17, 15) is 4.79 Å². The number of hydrogen-bond acceptors (Lipinski definition) is 5. The Bertz CT molecular complexity index is 916. The maximum absolute atomic E-state index is 12.4. The van der Waals surface area contributed by atoms with Crippen LogP contribution in [-0.4, -0.2) is 22.5 Å². The van der Waals surface area contributed by atoms with Gasteiger partial charge in [0.25, 0.3) is 5.91 Å². The van der Waals surface area contributed by atoms with Crippen LogP contribution in [0.1, 0.15) is 23.0 Å². The molecule has 6 nitrogen and oxygen atoms in total. The lowest BCUT2D eigenvalue weighted by Crippen LogP contribution is -2.24. The Morgan fingerprint density at radius 3 is 2.67 bits per heavy atom. The fourth-order valence-corrected chi connectivity index (χ4v) is 2.54. The molecule has 138 valence electrons. The SMILES string of the molecule is CCOc1ccccc1Nc1cc(C(=O)NCc2ccc(Cl)cc2)ncn1. The number of para-hydroxylation sites is 2. The van der Waals surface area contributed by atoms with E-state index in [1.807, 2.05) is 43.3 Å². The topological polar surface area (TPSA) is 76.1 Å². The average Bonchev–Trinajstić information content (AvgIpc) is 2.69. The first-order valence-electron chi connectivity index (χ1n) is 8.49. The number of amides is 1. The molecule has 0 bridgehead atoms. The van der Waals surface area contributed by atoms with Crippen molar-refractivity contribution in [2.75, 3.05) is 11.9 Å². The minimum atomic E-state index is -0.284. The maximum atomic E-state index is 12.4. The molecule has 7 heteroatoms. The molecule has 0 saturated carbocycles. The van der Waals surface area contributed by atoms with Gasteiger partial charge in [0.15, 0.2) is 0 Å². The van der Waals surface area contributed by atoms with Crippen LogP contribution in [0.3, 0.4) is 0 Å². The molecule has 3 rings (SSSR count). The molecular formula is C20H19ClN4O2. The van der Waals surface area contributed by atoms with Crippen molar-refractivity contribution in [2.45, 2.75) is 13.5 Å². The highest BCUT2D eigenvalue weighted by Crippen LogP contribution is 2.26. The van der Waals surface area contributed by atoms with Gasteiger partial charge in [-0.05, 0) is 36.8 Å². The highest BCUT2D eigenvalue weighted by Gasteiger charge is 2.10. The zero-order valence-electron chi connectivity index (χ0n) is 14.8. The molecule has 0 spiro atoms. The number of benzene rings is 2. The van der Waals surface area contributed by atoms with Gasteiger partial charge in [-0.2, -0.15) is 0 Å². The lowest BCUT2D eigenvalue weighted by Gasteiger charge is -2.12. The Kier molecular flexibility index (Phi) is 6.22. The molecular weight excluding hydrogens is 364 g/mol. The first-order chi connectivity index (χ1) is 13.2. The summed E-state index contributed by atoms with van der Waals surface area (Å²) in [7, 11) is 0. The number of nitrogens with zero attached hydrogens (tertiary/aromatic N) is 2. The zero-order valence-corrected chi connectivity index (χ0v) is 15.5. The van der Waals surface area contributed by atoms with Crippen molar-refractivity contribution in [3.8, 4) is 5.75 Å². The van der Waals surface area contributed by atoms with E-state index in [0.717, 1.165) is 11.3 Å². The van der Waals surface area contributed by atoms with Crippen LogP contribution >= 0.6 is 11.6 Å². The van der Waals surface area contributed by atoms with E-state index in [2.05, 4.69) is 20.6 Å². The highest BCUT2D eigenvalue weighted by molar-refractivity contribution is 6.30. The largest absolute Gasteiger partial charge is 0.492 e. The molecule has 0 aliphatic heterocycles. The van der Waals surface area contributed by atoms with E-state index in [1.54, 1.807) is 18.2 Å². The molecule has 0 atom stereocenters. The van der Waals surface area contributed by atoms with E-state index in [-0.39, 0.29) is 11.6 Å². The van der Waals surface area contributed by atoms with Gasteiger partial charge >= 0.3 is 0 Å². The summed E-state index contributed by atoms with van der Waals surface area (Å²) in [5.74, 6) is 0.939. The molecule has 3 aromatic rings. The lowest BCUT2D eigenvalue weighted by molar-refractivity contribution is 0.0946. The van der Waals surface area contributed by atoms with Gasteiger partial charge in [0.1, 0.15) is 23.6 Å². The molecule has 0 unspecified atom stereocenters. The summed E-state index contributed by atoms with van der Waals surface area (Å²) < 4.78 is 5.59. The van der Waals surface area contributed by atoms with Crippen LogP contribution in [0.4, 0.5) is 11.5 Å².